The van der Waals surface area contributed by atoms with Gasteiger partial charge >= 0.3 is 0 Å². The maximum absolute atomic E-state index is 6.20. The molecular formula is C16H23Cl2N3. The van der Waals surface area contributed by atoms with Gasteiger partial charge in [0.15, 0.2) is 0 Å². The van der Waals surface area contributed by atoms with Crippen LogP contribution in [0.4, 0.5) is 5.69 Å². The van der Waals surface area contributed by atoms with E-state index in [4.69, 9.17) is 28.2 Å². The number of amidine groups is 1. The van der Waals surface area contributed by atoms with Crippen LogP contribution in [0, 0.1) is 11.8 Å². The van der Waals surface area contributed by atoms with Crippen LogP contribution in [-0.4, -0.2) is 24.5 Å². The number of aliphatic imine (C=N–C) groups is 1. The van der Waals surface area contributed by atoms with Crippen LogP contribution in [0.5, 0.6) is 0 Å². The Morgan fingerprint density at radius 3 is 2.29 bits per heavy atom. The van der Waals surface area contributed by atoms with Crippen LogP contribution >= 0.6 is 23.2 Å². The SMILES string of the molecule is CC(C)C1NCC(Nc2c(Cl)cccc2Cl)=N[C@H]1C(C)C. The van der Waals surface area contributed by atoms with E-state index in [2.05, 4.69) is 38.3 Å². The summed E-state index contributed by atoms with van der Waals surface area (Å²) in [6.07, 6.45) is 0. The van der Waals surface area contributed by atoms with Gasteiger partial charge in [-0.15, -0.1) is 0 Å². The first-order valence-corrected chi connectivity index (χ1v) is 8.16. The second-order valence-electron chi connectivity index (χ2n) is 6.18. The lowest BCUT2D eigenvalue weighted by atomic mass is 9.88. The first-order valence-electron chi connectivity index (χ1n) is 7.41. The summed E-state index contributed by atoms with van der Waals surface area (Å²) in [4.78, 5) is 4.89. The summed E-state index contributed by atoms with van der Waals surface area (Å²) < 4.78 is 0. The fraction of sp³-hybridized carbons (Fsp3) is 0.562. The first kappa shape index (κ1) is 16.6. The molecule has 0 bridgehead atoms. The van der Waals surface area contributed by atoms with Crippen molar-refractivity contribution in [3.05, 3.63) is 28.2 Å². The van der Waals surface area contributed by atoms with Crippen molar-refractivity contribution in [2.45, 2.75) is 39.8 Å². The fourth-order valence-electron chi connectivity index (χ4n) is 2.67. The Balaban J connectivity index is 2.23. The smallest absolute Gasteiger partial charge is 0.115 e. The van der Waals surface area contributed by atoms with E-state index in [9.17, 15) is 0 Å². The number of anilines is 1. The van der Waals surface area contributed by atoms with Gasteiger partial charge in [-0.05, 0) is 24.0 Å². The average molecular weight is 328 g/mol. The lowest BCUT2D eigenvalue weighted by Crippen LogP contribution is -2.52. The molecule has 0 spiro atoms. The van der Waals surface area contributed by atoms with Gasteiger partial charge in [-0.1, -0.05) is 57.0 Å². The zero-order chi connectivity index (χ0) is 15.6. The van der Waals surface area contributed by atoms with E-state index in [0.717, 1.165) is 11.5 Å². The summed E-state index contributed by atoms with van der Waals surface area (Å²) in [5, 5.41) is 8.08. The number of halogens is 2. The number of benzene rings is 1. The summed E-state index contributed by atoms with van der Waals surface area (Å²) in [6, 6.07) is 6.13. The maximum Gasteiger partial charge on any atom is 0.115 e. The van der Waals surface area contributed by atoms with Crippen LogP contribution in [-0.2, 0) is 0 Å². The van der Waals surface area contributed by atoms with Crippen molar-refractivity contribution < 1.29 is 0 Å². The minimum atomic E-state index is 0.252. The molecule has 2 rings (SSSR count). The molecule has 3 nitrogen and oxygen atoms in total. The van der Waals surface area contributed by atoms with Crippen LogP contribution in [0.3, 0.4) is 0 Å². The van der Waals surface area contributed by atoms with Crippen LogP contribution < -0.4 is 10.6 Å². The molecule has 5 heteroatoms. The van der Waals surface area contributed by atoms with Crippen molar-refractivity contribution in [3.63, 3.8) is 0 Å². The molecule has 0 fully saturated rings. The minimum absolute atomic E-state index is 0.252. The summed E-state index contributed by atoms with van der Waals surface area (Å²) in [5.74, 6) is 1.91. The van der Waals surface area contributed by atoms with Gasteiger partial charge in [0.1, 0.15) is 5.84 Å². The molecule has 2 atom stereocenters. The molecule has 0 radical (unpaired) electrons. The maximum atomic E-state index is 6.20. The Labute approximate surface area is 137 Å². The van der Waals surface area contributed by atoms with Gasteiger partial charge in [-0.2, -0.15) is 0 Å². The van der Waals surface area contributed by atoms with E-state index < -0.39 is 0 Å². The normalized spacial score (nSPS) is 22.6. The second kappa shape index (κ2) is 6.99. The summed E-state index contributed by atoms with van der Waals surface area (Å²) in [5.41, 5.74) is 0.729. The third-order valence-corrected chi connectivity index (χ3v) is 4.44. The van der Waals surface area contributed by atoms with E-state index in [1.165, 1.54) is 0 Å². The van der Waals surface area contributed by atoms with Crippen molar-refractivity contribution in [1.82, 2.24) is 5.32 Å². The number of nitrogens with one attached hydrogen (secondary N) is 2. The second-order valence-corrected chi connectivity index (χ2v) is 7.00. The molecule has 1 aliphatic rings. The zero-order valence-electron chi connectivity index (χ0n) is 13.0. The summed E-state index contributed by atoms with van der Waals surface area (Å²) in [7, 11) is 0. The highest BCUT2D eigenvalue weighted by molar-refractivity contribution is 6.39. The van der Waals surface area contributed by atoms with Gasteiger partial charge in [0.2, 0.25) is 0 Å². The average Bonchev–Trinajstić information content (AvgIpc) is 2.42. The monoisotopic (exact) mass is 327 g/mol. The number of rotatable bonds is 3. The van der Waals surface area contributed by atoms with Gasteiger partial charge in [-0.3, -0.25) is 4.99 Å². The lowest BCUT2D eigenvalue weighted by Gasteiger charge is -2.36. The van der Waals surface area contributed by atoms with E-state index in [-0.39, 0.29) is 6.04 Å². The summed E-state index contributed by atoms with van der Waals surface area (Å²) in [6.45, 7) is 9.57. The molecule has 0 saturated heterocycles. The van der Waals surface area contributed by atoms with E-state index >= 15 is 0 Å². The molecule has 1 heterocycles. The molecular weight excluding hydrogens is 305 g/mol. The van der Waals surface area contributed by atoms with E-state index in [1.54, 1.807) is 0 Å². The minimum Gasteiger partial charge on any atom is -0.341 e. The van der Waals surface area contributed by atoms with Gasteiger partial charge in [0.25, 0.3) is 0 Å². The number of hydrogen-bond donors (Lipinski definition) is 2. The Bertz CT molecular complexity index is 506. The molecule has 116 valence electrons. The standard InChI is InChI=1S/C16H23Cl2N3/c1-9(2)14-15(10(3)4)20-13(8-19-14)21-16-11(17)6-5-7-12(16)18/h5-7,9-10,14-15,19H,8H2,1-4H3,(H,20,21)/t14?,15-/m0/s1. The first-order chi connectivity index (χ1) is 9.90. The number of nitrogens with zero attached hydrogens (tertiary/aromatic N) is 1. The summed E-state index contributed by atoms with van der Waals surface area (Å²) >= 11 is 12.4. The molecule has 1 aliphatic heterocycles. The van der Waals surface area contributed by atoms with Crippen molar-refractivity contribution >= 4 is 34.7 Å². The van der Waals surface area contributed by atoms with E-state index in [0.29, 0.717) is 34.5 Å². The molecule has 1 aromatic rings. The van der Waals surface area contributed by atoms with Crippen LogP contribution in [0.25, 0.3) is 0 Å². The van der Waals surface area contributed by atoms with Gasteiger partial charge in [0, 0.05) is 6.04 Å². The number of hydrogen-bond acceptors (Lipinski definition) is 3. The highest BCUT2D eigenvalue weighted by Gasteiger charge is 2.30. The van der Waals surface area contributed by atoms with Crippen molar-refractivity contribution in [1.29, 1.82) is 0 Å². The molecule has 21 heavy (non-hydrogen) atoms. The Morgan fingerprint density at radius 1 is 1.14 bits per heavy atom. The molecule has 0 amide bonds. The third kappa shape index (κ3) is 3.91. The molecule has 0 saturated carbocycles. The molecule has 1 aromatic carbocycles. The topological polar surface area (TPSA) is 36.4 Å². The van der Waals surface area contributed by atoms with Crippen LogP contribution in [0.15, 0.2) is 23.2 Å². The van der Waals surface area contributed by atoms with Crippen LogP contribution in [0.2, 0.25) is 10.0 Å². The molecule has 0 aliphatic carbocycles. The predicted molar refractivity (Wildman–Crippen MR) is 92.8 cm³/mol. The van der Waals surface area contributed by atoms with Gasteiger partial charge in [-0.25, -0.2) is 0 Å². The largest absolute Gasteiger partial charge is 0.341 e. The Kier molecular flexibility index (Phi) is 5.53. The Hall–Kier alpha value is -0.770. The van der Waals surface area contributed by atoms with Crippen molar-refractivity contribution in [2.24, 2.45) is 16.8 Å². The Morgan fingerprint density at radius 2 is 1.76 bits per heavy atom. The van der Waals surface area contributed by atoms with Gasteiger partial charge < -0.3 is 10.6 Å². The predicted octanol–water partition coefficient (Wildman–Crippen LogP) is 4.46. The van der Waals surface area contributed by atoms with Crippen molar-refractivity contribution in [3.8, 4) is 0 Å². The fourth-order valence-corrected chi connectivity index (χ4v) is 3.16. The van der Waals surface area contributed by atoms with Crippen LogP contribution in [0.1, 0.15) is 27.7 Å². The molecule has 2 N–H and O–H groups in total. The highest BCUT2D eigenvalue weighted by atomic mass is 35.5. The van der Waals surface area contributed by atoms with Crippen molar-refractivity contribution in [2.75, 3.05) is 11.9 Å². The third-order valence-electron chi connectivity index (χ3n) is 3.81. The zero-order valence-corrected chi connectivity index (χ0v) is 14.5. The molecule has 0 aromatic heterocycles. The molecule has 1 unspecified atom stereocenters. The highest BCUT2D eigenvalue weighted by Crippen LogP contribution is 2.30. The number of para-hydroxylation sites is 1. The lowest BCUT2D eigenvalue weighted by molar-refractivity contribution is 0.293. The van der Waals surface area contributed by atoms with Gasteiger partial charge in [0.05, 0.1) is 28.3 Å². The van der Waals surface area contributed by atoms with E-state index in [1.807, 2.05) is 18.2 Å². The quantitative estimate of drug-likeness (QED) is 0.860.